The number of ether oxygens (including phenoxy) is 1. The number of hydrogen-bond donors (Lipinski definition) is 0. The van der Waals surface area contributed by atoms with Gasteiger partial charge in [-0.25, -0.2) is 4.39 Å². The van der Waals surface area contributed by atoms with E-state index in [9.17, 15) is 8.78 Å². The van der Waals surface area contributed by atoms with Crippen LogP contribution in [0.5, 0.6) is 5.75 Å². The normalized spacial score (nSPS) is 11.3. The Balaban J connectivity index is 2.01. The average molecular weight is 344 g/mol. The summed E-state index contributed by atoms with van der Waals surface area (Å²) in [5.74, 6) is -0.875. The zero-order chi connectivity index (χ0) is 17.8. The Kier molecular flexibility index (Phi) is 5.37. The van der Waals surface area contributed by atoms with Crippen molar-refractivity contribution in [2.24, 2.45) is 0 Å². The lowest BCUT2D eigenvalue weighted by molar-refractivity contribution is 0.308. The van der Waals surface area contributed by atoms with Crippen LogP contribution in [0.4, 0.5) is 8.78 Å². The molecule has 0 bridgehead atoms. The Morgan fingerprint density at radius 1 is 1.04 bits per heavy atom. The zero-order valence-electron chi connectivity index (χ0n) is 14.4. The Morgan fingerprint density at radius 3 is 2.48 bits per heavy atom. The van der Waals surface area contributed by atoms with E-state index >= 15 is 0 Å². The quantitative estimate of drug-likeness (QED) is 0.341. The molecule has 3 aromatic rings. The van der Waals surface area contributed by atoms with Gasteiger partial charge in [-0.3, -0.25) is 0 Å². The lowest BCUT2D eigenvalue weighted by Crippen LogP contribution is -1.97. The van der Waals surface area contributed by atoms with Crippen LogP contribution in [-0.4, -0.2) is 6.61 Å². The second-order valence-electron chi connectivity index (χ2n) is 6.15. The first kappa shape index (κ1) is 17.5. The summed E-state index contributed by atoms with van der Waals surface area (Å²) in [5.41, 5.74) is 0.768. The fourth-order valence-corrected chi connectivity index (χ4v) is 2.98. The van der Waals surface area contributed by atoms with Crippen molar-refractivity contribution in [3.8, 4) is 5.75 Å². The van der Waals surface area contributed by atoms with Crippen molar-refractivity contribution in [3.63, 3.8) is 0 Å². The molecular weight excluding hydrogens is 322 g/mol. The van der Waals surface area contributed by atoms with Gasteiger partial charge in [0.2, 0.25) is 5.82 Å². The van der Waals surface area contributed by atoms with Gasteiger partial charge in [-0.15, -0.1) is 6.58 Å². The van der Waals surface area contributed by atoms with E-state index in [0.29, 0.717) is 35.8 Å². The van der Waals surface area contributed by atoms with Crippen LogP contribution < -0.4 is 4.74 Å². The Labute approximate surface area is 146 Å². The van der Waals surface area contributed by atoms with E-state index in [2.05, 4.69) is 13.5 Å². The fraction of sp³-hybridized carbons (Fsp3) is 0.333. The lowest BCUT2D eigenvalue weighted by Gasteiger charge is -2.05. The van der Waals surface area contributed by atoms with Gasteiger partial charge in [0, 0.05) is 10.8 Å². The molecule has 2 aromatic carbocycles. The molecule has 25 heavy (non-hydrogen) atoms. The molecule has 0 aliphatic rings. The van der Waals surface area contributed by atoms with Gasteiger partial charge in [0.05, 0.1) is 6.61 Å². The topological polar surface area (TPSA) is 22.4 Å². The average Bonchev–Trinajstić information content (AvgIpc) is 3.00. The second-order valence-corrected chi connectivity index (χ2v) is 6.15. The standard InChI is InChI=1S/C21H22F2O2/c1-3-5-7-8-14-9-10-15-16-11-12-17(24-13-6-4-2)19(23)21(16)25-20(15)18(14)22/h4,9-12H,2-3,5-8,13H2,1H3. The Hall–Kier alpha value is -2.36. The van der Waals surface area contributed by atoms with Gasteiger partial charge in [0.25, 0.3) is 0 Å². The van der Waals surface area contributed by atoms with Crippen LogP contribution in [0.1, 0.15) is 38.2 Å². The molecule has 0 aliphatic heterocycles. The van der Waals surface area contributed by atoms with Crippen molar-refractivity contribution in [2.45, 2.75) is 39.0 Å². The number of aryl methyl sites for hydroxylation is 1. The summed E-state index contributed by atoms with van der Waals surface area (Å²) in [7, 11) is 0. The maximum Gasteiger partial charge on any atom is 0.208 e. The van der Waals surface area contributed by atoms with E-state index in [4.69, 9.17) is 9.15 Å². The van der Waals surface area contributed by atoms with E-state index in [1.165, 1.54) is 0 Å². The van der Waals surface area contributed by atoms with Crippen molar-refractivity contribution in [2.75, 3.05) is 6.61 Å². The minimum Gasteiger partial charge on any atom is -0.490 e. The summed E-state index contributed by atoms with van der Waals surface area (Å²) in [4.78, 5) is 0. The zero-order valence-corrected chi connectivity index (χ0v) is 14.4. The molecular formula is C21H22F2O2. The van der Waals surface area contributed by atoms with E-state index in [1.807, 2.05) is 6.07 Å². The summed E-state index contributed by atoms with van der Waals surface area (Å²) >= 11 is 0. The summed E-state index contributed by atoms with van der Waals surface area (Å²) in [6.45, 7) is 6.05. The van der Waals surface area contributed by atoms with Crippen molar-refractivity contribution in [3.05, 3.63) is 54.1 Å². The van der Waals surface area contributed by atoms with Crippen LogP contribution in [0.25, 0.3) is 21.9 Å². The maximum absolute atomic E-state index is 14.8. The summed E-state index contributed by atoms with van der Waals surface area (Å²) in [5, 5.41) is 1.14. The Bertz CT molecular complexity index is 896. The summed E-state index contributed by atoms with van der Waals surface area (Å²) in [6.07, 6.45) is 6.03. The lowest BCUT2D eigenvalue weighted by atomic mass is 10.0. The first-order chi connectivity index (χ1) is 12.2. The van der Waals surface area contributed by atoms with Gasteiger partial charge in [0.15, 0.2) is 22.7 Å². The van der Waals surface area contributed by atoms with Crippen molar-refractivity contribution in [1.82, 2.24) is 0 Å². The molecule has 2 nitrogen and oxygen atoms in total. The first-order valence-electron chi connectivity index (χ1n) is 8.73. The predicted molar refractivity (Wildman–Crippen MR) is 97.2 cm³/mol. The van der Waals surface area contributed by atoms with Gasteiger partial charge < -0.3 is 9.15 Å². The number of rotatable bonds is 8. The minimum atomic E-state index is -0.593. The molecule has 0 saturated heterocycles. The third-order valence-electron chi connectivity index (χ3n) is 4.36. The molecule has 0 fully saturated rings. The SMILES string of the molecule is C=CCCOc1ccc2c(oc3c(F)c(CCCCC)ccc32)c1F. The molecule has 1 aromatic heterocycles. The Morgan fingerprint density at radius 2 is 1.76 bits per heavy atom. The van der Waals surface area contributed by atoms with Gasteiger partial charge in [0.1, 0.15) is 0 Å². The number of furan rings is 1. The van der Waals surface area contributed by atoms with E-state index in [-0.39, 0.29) is 16.9 Å². The van der Waals surface area contributed by atoms with Crippen LogP contribution in [0, 0.1) is 11.6 Å². The van der Waals surface area contributed by atoms with Gasteiger partial charge >= 0.3 is 0 Å². The highest BCUT2D eigenvalue weighted by Gasteiger charge is 2.19. The molecule has 0 spiro atoms. The molecule has 0 saturated carbocycles. The van der Waals surface area contributed by atoms with Crippen molar-refractivity contribution >= 4 is 21.9 Å². The number of halogens is 2. The van der Waals surface area contributed by atoms with Crippen molar-refractivity contribution in [1.29, 1.82) is 0 Å². The molecule has 0 aliphatic carbocycles. The second kappa shape index (κ2) is 7.68. The molecule has 0 unspecified atom stereocenters. The first-order valence-corrected chi connectivity index (χ1v) is 8.73. The van der Waals surface area contributed by atoms with E-state index < -0.39 is 11.6 Å². The third-order valence-corrected chi connectivity index (χ3v) is 4.36. The van der Waals surface area contributed by atoms with Crippen molar-refractivity contribution < 1.29 is 17.9 Å². The third kappa shape index (κ3) is 3.39. The molecule has 0 amide bonds. The number of benzene rings is 2. The minimum absolute atomic E-state index is 0.0377. The molecule has 1 heterocycles. The monoisotopic (exact) mass is 344 g/mol. The van der Waals surface area contributed by atoms with E-state index in [0.717, 1.165) is 19.3 Å². The highest BCUT2D eigenvalue weighted by Crippen LogP contribution is 2.36. The molecule has 132 valence electrons. The summed E-state index contributed by atoms with van der Waals surface area (Å²) in [6, 6.07) is 6.85. The van der Waals surface area contributed by atoms with Crippen LogP contribution in [0.2, 0.25) is 0 Å². The van der Waals surface area contributed by atoms with Gasteiger partial charge in [-0.05, 0) is 43.0 Å². The fourth-order valence-electron chi connectivity index (χ4n) is 2.98. The molecule has 3 rings (SSSR count). The van der Waals surface area contributed by atoms with Crippen LogP contribution >= 0.6 is 0 Å². The molecule has 4 heteroatoms. The maximum atomic E-state index is 14.8. The number of fused-ring (bicyclic) bond motifs is 3. The predicted octanol–water partition coefficient (Wildman–Crippen LogP) is 6.55. The highest BCUT2D eigenvalue weighted by atomic mass is 19.1. The van der Waals surface area contributed by atoms with Crippen LogP contribution in [-0.2, 0) is 6.42 Å². The molecule has 0 atom stereocenters. The molecule has 0 radical (unpaired) electrons. The number of hydrogen-bond acceptors (Lipinski definition) is 2. The van der Waals surface area contributed by atoms with Crippen LogP contribution in [0.15, 0.2) is 41.3 Å². The van der Waals surface area contributed by atoms with Gasteiger partial charge in [-0.1, -0.05) is 31.9 Å². The number of unbranched alkanes of at least 4 members (excludes halogenated alkanes) is 2. The largest absolute Gasteiger partial charge is 0.490 e. The van der Waals surface area contributed by atoms with Crippen LogP contribution in [0.3, 0.4) is 0 Å². The molecule has 0 N–H and O–H groups in total. The highest BCUT2D eigenvalue weighted by molar-refractivity contribution is 6.05. The van der Waals surface area contributed by atoms with Gasteiger partial charge in [-0.2, -0.15) is 4.39 Å². The van der Waals surface area contributed by atoms with E-state index in [1.54, 1.807) is 24.3 Å². The summed E-state index contributed by atoms with van der Waals surface area (Å²) < 4.78 is 40.4. The smallest absolute Gasteiger partial charge is 0.208 e.